The molecule has 6 nitrogen and oxygen atoms in total. The van der Waals surface area contributed by atoms with Crippen LogP contribution in [-0.2, 0) is 11.3 Å². The average Bonchev–Trinajstić information content (AvgIpc) is 3.42. The fourth-order valence-electron chi connectivity index (χ4n) is 4.55. The number of anilines is 1. The lowest BCUT2D eigenvalue weighted by Crippen LogP contribution is -2.24. The van der Waals surface area contributed by atoms with Crippen LogP contribution in [0.1, 0.15) is 30.7 Å². The average molecular weight is 456 g/mol. The first kappa shape index (κ1) is 22.0. The second kappa shape index (κ2) is 9.59. The van der Waals surface area contributed by atoms with E-state index in [-0.39, 0.29) is 11.8 Å². The molecule has 174 valence electrons. The Balaban J connectivity index is 1.36. The number of rotatable bonds is 8. The van der Waals surface area contributed by atoms with Crippen molar-refractivity contribution in [1.29, 1.82) is 0 Å². The van der Waals surface area contributed by atoms with Crippen molar-refractivity contribution in [3.8, 4) is 11.5 Å². The number of carbonyl (C=O) groups excluding carboxylic acids is 1. The van der Waals surface area contributed by atoms with E-state index in [0.717, 1.165) is 34.0 Å². The maximum atomic E-state index is 13.0. The predicted octanol–water partition coefficient (Wildman–Crippen LogP) is 5.34. The Kier molecular flexibility index (Phi) is 6.21. The molecule has 0 unspecified atom stereocenters. The minimum absolute atomic E-state index is 0.0193. The van der Waals surface area contributed by atoms with Crippen molar-refractivity contribution in [2.45, 2.75) is 32.7 Å². The summed E-state index contributed by atoms with van der Waals surface area (Å²) in [5, 5.41) is 0. The molecule has 1 aliphatic heterocycles. The number of fused-ring (bicyclic) bond motifs is 1. The highest BCUT2D eigenvalue weighted by Gasteiger charge is 2.34. The van der Waals surface area contributed by atoms with Gasteiger partial charge in [-0.3, -0.25) is 4.79 Å². The molecule has 0 aliphatic carbocycles. The summed E-state index contributed by atoms with van der Waals surface area (Å²) in [6, 6.07) is 23.9. The van der Waals surface area contributed by atoms with Crippen LogP contribution in [-0.4, -0.2) is 35.2 Å². The number of hydrogen-bond acceptors (Lipinski definition) is 4. The minimum atomic E-state index is 0.0193. The highest BCUT2D eigenvalue weighted by Crippen LogP contribution is 2.34. The zero-order valence-corrected chi connectivity index (χ0v) is 19.6. The summed E-state index contributed by atoms with van der Waals surface area (Å²) >= 11 is 0. The molecule has 34 heavy (non-hydrogen) atoms. The smallest absolute Gasteiger partial charge is 0.227 e. The molecule has 0 N–H and O–H groups in total. The third kappa shape index (κ3) is 4.49. The van der Waals surface area contributed by atoms with Gasteiger partial charge < -0.3 is 18.9 Å². The molecule has 0 bridgehead atoms. The molecular formula is C28H29N3O3. The van der Waals surface area contributed by atoms with Crippen LogP contribution < -0.4 is 14.4 Å². The van der Waals surface area contributed by atoms with Crippen LogP contribution in [0.15, 0.2) is 72.8 Å². The summed E-state index contributed by atoms with van der Waals surface area (Å²) in [4.78, 5) is 19.8. The molecule has 1 aliphatic rings. The molecule has 1 saturated heterocycles. The van der Waals surface area contributed by atoms with Gasteiger partial charge in [-0.05, 0) is 62.4 Å². The van der Waals surface area contributed by atoms with Gasteiger partial charge in [0, 0.05) is 24.6 Å². The van der Waals surface area contributed by atoms with Crippen LogP contribution in [0.2, 0.25) is 0 Å². The third-order valence-corrected chi connectivity index (χ3v) is 6.24. The van der Waals surface area contributed by atoms with E-state index < -0.39 is 0 Å². The zero-order chi connectivity index (χ0) is 23.5. The normalized spacial score (nSPS) is 15.8. The summed E-state index contributed by atoms with van der Waals surface area (Å²) in [6.45, 7) is 6.44. The molecular weight excluding hydrogens is 426 g/mol. The van der Waals surface area contributed by atoms with Crippen molar-refractivity contribution in [2.75, 3.05) is 24.7 Å². The van der Waals surface area contributed by atoms with Crippen molar-refractivity contribution in [1.82, 2.24) is 9.55 Å². The van der Waals surface area contributed by atoms with Crippen molar-refractivity contribution in [2.24, 2.45) is 0 Å². The molecule has 0 radical (unpaired) electrons. The number of aryl methyl sites for hydroxylation is 1. The van der Waals surface area contributed by atoms with E-state index in [0.29, 0.717) is 32.7 Å². The molecule has 0 saturated carbocycles. The van der Waals surface area contributed by atoms with Gasteiger partial charge in [-0.15, -0.1) is 0 Å². The number of benzene rings is 3. The molecule has 6 heteroatoms. The zero-order valence-electron chi connectivity index (χ0n) is 19.6. The maximum absolute atomic E-state index is 13.0. The Hall–Kier alpha value is -3.80. The molecule has 3 aromatic carbocycles. The highest BCUT2D eigenvalue weighted by molar-refractivity contribution is 5.96. The van der Waals surface area contributed by atoms with E-state index in [4.69, 9.17) is 14.5 Å². The Morgan fingerprint density at radius 1 is 0.941 bits per heavy atom. The Morgan fingerprint density at radius 2 is 1.65 bits per heavy atom. The number of imidazole rings is 1. The van der Waals surface area contributed by atoms with Gasteiger partial charge in [-0.1, -0.05) is 29.8 Å². The first-order valence-corrected chi connectivity index (χ1v) is 11.8. The molecule has 0 spiro atoms. The van der Waals surface area contributed by atoms with Gasteiger partial charge in [-0.25, -0.2) is 4.98 Å². The lowest BCUT2D eigenvalue weighted by atomic mass is 10.1. The second-order valence-electron chi connectivity index (χ2n) is 8.60. The summed E-state index contributed by atoms with van der Waals surface area (Å²) in [5.74, 6) is 2.74. The van der Waals surface area contributed by atoms with Gasteiger partial charge in [0.1, 0.15) is 23.9 Å². The number of para-hydroxylation sites is 2. The fraction of sp³-hybridized carbons (Fsp3) is 0.286. The summed E-state index contributed by atoms with van der Waals surface area (Å²) < 4.78 is 13.8. The number of ether oxygens (including phenoxy) is 2. The molecule has 2 heterocycles. The summed E-state index contributed by atoms with van der Waals surface area (Å²) in [6.07, 6.45) is 0.440. The molecule has 1 atom stereocenters. The van der Waals surface area contributed by atoms with E-state index in [1.165, 1.54) is 5.56 Å². The number of nitrogens with zero attached hydrogens (tertiary/aromatic N) is 3. The van der Waals surface area contributed by atoms with E-state index in [1.807, 2.05) is 78.6 Å². The summed E-state index contributed by atoms with van der Waals surface area (Å²) in [5.41, 5.74) is 4.11. The van der Waals surface area contributed by atoms with E-state index in [2.05, 4.69) is 17.6 Å². The molecule has 1 amide bonds. The fourth-order valence-corrected chi connectivity index (χ4v) is 4.55. The lowest BCUT2D eigenvalue weighted by Gasteiger charge is -2.18. The Morgan fingerprint density at radius 3 is 2.41 bits per heavy atom. The van der Waals surface area contributed by atoms with Crippen molar-refractivity contribution in [3.05, 3.63) is 84.2 Å². The van der Waals surface area contributed by atoms with Gasteiger partial charge in [0.2, 0.25) is 5.91 Å². The van der Waals surface area contributed by atoms with Crippen LogP contribution in [0.3, 0.4) is 0 Å². The number of hydrogen-bond donors (Lipinski definition) is 0. The third-order valence-electron chi connectivity index (χ3n) is 6.24. The van der Waals surface area contributed by atoms with Gasteiger partial charge >= 0.3 is 0 Å². The maximum Gasteiger partial charge on any atom is 0.227 e. The monoisotopic (exact) mass is 455 g/mol. The Bertz CT molecular complexity index is 1280. The largest absolute Gasteiger partial charge is 0.494 e. The van der Waals surface area contributed by atoms with Crippen molar-refractivity contribution in [3.63, 3.8) is 0 Å². The Labute approximate surface area is 199 Å². The van der Waals surface area contributed by atoms with Gasteiger partial charge in [0.15, 0.2) is 0 Å². The van der Waals surface area contributed by atoms with Gasteiger partial charge in [-0.2, -0.15) is 0 Å². The molecule has 1 aromatic heterocycles. The second-order valence-corrected chi connectivity index (χ2v) is 8.60. The van der Waals surface area contributed by atoms with Gasteiger partial charge in [0.05, 0.1) is 24.2 Å². The summed E-state index contributed by atoms with van der Waals surface area (Å²) in [7, 11) is 0. The SMILES string of the molecule is CCOc1ccc(N2C[C@H](c3nc4ccccc4n3CCOc3ccc(C)cc3)CC2=O)cc1. The van der Waals surface area contributed by atoms with Crippen molar-refractivity contribution >= 4 is 22.6 Å². The van der Waals surface area contributed by atoms with Crippen LogP contribution in [0.25, 0.3) is 11.0 Å². The van der Waals surface area contributed by atoms with E-state index in [9.17, 15) is 4.79 Å². The predicted molar refractivity (Wildman–Crippen MR) is 134 cm³/mol. The highest BCUT2D eigenvalue weighted by atomic mass is 16.5. The van der Waals surface area contributed by atoms with Crippen LogP contribution in [0, 0.1) is 6.92 Å². The number of aromatic nitrogens is 2. The van der Waals surface area contributed by atoms with Gasteiger partial charge in [0.25, 0.3) is 0 Å². The molecule has 5 rings (SSSR count). The molecule has 1 fully saturated rings. The lowest BCUT2D eigenvalue weighted by molar-refractivity contribution is -0.117. The first-order chi connectivity index (χ1) is 16.6. The standard InChI is InChI=1S/C28H29N3O3/c1-3-33-23-14-10-22(11-15-23)31-19-21(18-27(31)32)28-29-25-6-4-5-7-26(25)30(28)16-17-34-24-12-8-20(2)9-13-24/h4-15,21H,3,16-19H2,1-2H3/t21-/m1/s1. The van der Waals surface area contributed by atoms with Crippen LogP contribution in [0.5, 0.6) is 11.5 Å². The van der Waals surface area contributed by atoms with Crippen LogP contribution in [0.4, 0.5) is 5.69 Å². The first-order valence-electron chi connectivity index (χ1n) is 11.8. The van der Waals surface area contributed by atoms with E-state index >= 15 is 0 Å². The van der Waals surface area contributed by atoms with E-state index in [1.54, 1.807) is 0 Å². The number of amides is 1. The number of carbonyl (C=O) groups is 1. The topological polar surface area (TPSA) is 56.6 Å². The molecule has 4 aromatic rings. The quantitative estimate of drug-likeness (QED) is 0.360. The minimum Gasteiger partial charge on any atom is -0.494 e. The van der Waals surface area contributed by atoms with Crippen LogP contribution >= 0.6 is 0 Å². The van der Waals surface area contributed by atoms with Crippen molar-refractivity contribution < 1.29 is 14.3 Å².